The normalized spacial score (nSPS) is 14.9. The van der Waals surface area contributed by atoms with E-state index in [0.29, 0.717) is 5.69 Å². The molecule has 2 aromatic rings. The maximum atomic E-state index is 13.0. The summed E-state index contributed by atoms with van der Waals surface area (Å²) < 4.78 is 44.9. The minimum atomic E-state index is -3.75. The second-order valence-corrected chi connectivity index (χ2v) is 8.51. The second-order valence-electron chi connectivity index (χ2n) is 6.58. The first-order valence-corrected chi connectivity index (χ1v) is 10.8. The lowest BCUT2D eigenvalue weighted by Gasteiger charge is -2.33. The molecule has 10 heteroatoms. The molecule has 8 nitrogen and oxygen atoms in total. The molecule has 0 bridgehead atoms. The summed E-state index contributed by atoms with van der Waals surface area (Å²) >= 11 is 0. The number of piperazine rings is 1. The Labute approximate surface area is 174 Å². The summed E-state index contributed by atoms with van der Waals surface area (Å²) in [5.74, 6) is -0.848. The zero-order valence-electron chi connectivity index (χ0n) is 16.4. The molecule has 0 saturated carbocycles. The van der Waals surface area contributed by atoms with Crippen molar-refractivity contribution in [3.63, 3.8) is 0 Å². The van der Waals surface area contributed by atoms with Gasteiger partial charge in [0.1, 0.15) is 5.82 Å². The van der Waals surface area contributed by atoms with E-state index in [9.17, 15) is 22.4 Å². The molecular weight excluding hydrogens is 413 g/mol. The molecule has 1 saturated heterocycles. The minimum absolute atomic E-state index is 0.0606. The number of sulfonamides is 1. The van der Waals surface area contributed by atoms with Gasteiger partial charge in [-0.3, -0.25) is 4.79 Å². The number of rotatable bonds is 5. The standard InChI is InChI=1S/C20H22FN3O5S/c1-2-29-20(26)23-11-13-24(14-12-23)30(27,28)18-9-3-15(4-10-18)19(25)22-17-7-5-16(21)6-8-17/h3-10H,2,11-14H2,1H3,(H,22,25). The van der Waals surface area contributed by atoms with Gasteiger partial charge < -0.3 is 15.0 Å². The van der Waals surface area contributed by atoms with Crippen LogP contribution in [0.4, 0.5) is 14.9 Å². The van der Waals surface area contributed by atoms with E-state index in [4.69, 9.17) is 4.74 Å². The van der Waals surface area contributed by atoms with Crippen LogP contribution in [0.2, 0.25) is 0 Å². The SMILES string of the molecule is CCOC(=O)N1CCN(S(=O)(=O)c2ccc(C(=O)Nc3ccc(F)cc3)cc2)CC1. The molecule has 0 radical (unpaired) electrons. The van der Waals surface area contributed by atoms with Crippen LogP contribution in [0.15, 0.2) is 53.4 Å². The molecule has 1 aliphatic heterocycles. The number of benzene rings is 2. The molecule has 160 valence electrons. The van der Waals surface area contributed by atoms with Gasteiger partial charge in [-0.05, 0) is 55.5 Å². The van der Waals surface area contributed by atoms with Crippen LogP contribution in [0.1, 0.15) is 17.3 Å². The van der Waals surface area contributed by atoms with Gasteiger partial charge in [-0.25, -0.2) is 17.6 Å². The fourth-order valence-corrected chi connectivity index (χ4v) is 4.41. The topological polar surface area (TPSA) is 96.0 Å². The molecule has 1 fully saturated rings. The maximum absolute atomic E-state index is 13.0. The summed E-state index contributed by atoms with van der Waals surface area (Å²) in [5.41, 5.74) is 0.697. The van der Waals surface area contributed by atoms with E-state index < -0.39 is 27.8 Å². The van der Waals surface area contributed by atoms with Crippen molar-refractivity contribution >= 4 is 27.7 Å². The first-order chi connectivity index (χ1) is 14.3. The van der Waals surface area contributed by atoms with Crippen molar-refractivity contribution in [1.82, 2.24) is 9.21 Å². The van der Waals surface area contributed by atoms with Gasteiger partial charge >= 0.3 is 6.09 Å². The highest BCUT2D eigenvalue weighted by molar-refractivity contribution is 7.89. The Balaban J connectivity index is 1.64. The highest BCUT2D eigenvalue weighted by Gasteiger charge is 2.30. The molecule has 0 spiro atoms. The van der Waals surface area contributed by atoms with E-state index in [2.05, 4.69) is 5.32 Å². The monoisotopic (exact) mass is 435 g/mol. The summed E-state index contributed by atoms with van der Waals surface area (Å²) in [6, 6.07) is 10.9. The molecular formula is C20H22FN3O5S. The predicted octanol–water partition coefficient (Wildman–Crippen LogP) is 2.54. The largest absolute Gasteiger partial charge is 0.450 e. The average Bonchev–Trinajstić information content (AvgIpc) is 2.75. The van der Waals surface area contributed by atoms with Crippen LogP contribution in [0.25, 0.3) is 0 Å². The fourth-order valence-electron chi connectivity index (χ4n) is 2.99. The number of hydrogen-bond donors (Lipinski definition) is 1. The molecule has 3 rings (SSSR count). The third-order valence-electron chi connectivity index (χ3n) is 4.62. The van der Waals surface area contributed by atoms with Crippen LogP contribution in [0.5, 0.6) is 0 Å². The van der Waals surface area contributed by atoms with Gasteiger partial charge in [0.15, 0.2) is 0 Å². The average molecular weight is 435 g/mol. The first kappa shape index (κ1) is 21.7. The van der Waals surface area contributed by atoms with Gasteiger partial charge in [-0.15, -0.1) is 0 Å². The van der Waals surface area contributed by atoms with Crippen LogP contribution in [0.3, 0.4) is 0 Å². The van der Waals surface area contributed by atoms with Gasteiger partial charge in [-0.1, -0.05) is 0 Å². The lowest BCUT2D eigenvalue weighted by molar-refractivity contribution is 0.0933. The third kappa shape index (κ3) is 4.95. The van der Waals surface area contributed by atoms with Gasteiger partial charge in [-0.2, -0.15) is 4.31 Å². The van der Waals surface area contributed by atoms with E-state index in [0.717, 1.165) is 0 Å². The molecule has 0 unspecified atom stereocenters. The van der Waals surface area contributed by atoms with Gasteiger partial charge in [0.05, 0.1) is 11.5 Å². The van der Waals surface area contributed by atoms with Crippen molar-refractivity contribution in [3.8, 4) is 0 Å². The van der Waals surface area contributed by atoms with Crippen LogP contribution in [0, 0.1) is 5.82 Å². The molecule has 30 heavy (non-hydrogen) atoms. The highest BCUT2D eigenvalue weighted by atomic mass is 32.2. The number of amides is 2. The first-order valence-electron chi connectivity index (χ1n) is 9.40. The molecule has 0 atom stereocenters. The molecule has 1 N–H and O–H groups in total. The van der Waals surface area contributed by atoms with Crippen molar-refractivity contribution in [2.75, 3.05) is 38.1 Å². The number of nitrogens with zero attached hydrogens (tertiary/aromatic N) is 2. The Hall–Kier alpha value is -2.98. The predicted molar refractivity (Wildman–Crippen MR) is 108 cm³/mol. The maximum Gasteiger partial charge on any atom is 0.409 e. The molecule has 0 aliphatic carbocycles. The third-order valence-corrected chi connectivity index (χ3v) is 6.53. The lowest BCUT2D eigenvalue weighted by Crippen LogP contribution is -2.50. The Kier molecular flexibility index (Phi) is 6.68. The van der Waals surface area contributed by atoms with Crippen molar-refractivity contribution in [1.29, 1.82) is 0 Å². The van der Waals surface area contributed by atoms with Crippen LogP contribution < -0.4 is 5.32 Å². The van der Waals surface area contributed by atoms with E-state index in [1.165, 1.54) is 57.7 Å². The van der Waals surface area contributed by atoms with Crippen molar-refractivity contribution in [2.45, 2.75) is 11.8 Å². The second kappa shape index (κ2) is 9.23. The Morgan fingerprint density at radius 2 is 1.60 bits per heavy atom. The van der Waals surface area contributed by atoms with E-state index in [1.807, 2.05) is 0 Å². The van der Waals surface area contributed by atoms with E-state index in [1.54, 1.807) is 6.92 Å². The summed E-state index contributed by atoms with van der Waals surface area (Å²) in [7, 11) is -3.75. The molecule has 0 aromatic heterocycles. The number of nitrogens with one attached hydrogen (secondary N) is 1. The summed E-state index contributed by atoms with van der Waals surface area (Å²) in [6.07, 6.45) is -0.453. The number of carbonyl (C=O) groups is 2. The zero-order valence-corrected chi connectivity index (χ0v) is 17.2. The number of halogens is 1. The summed E-state index contributed by atoms with van der Waals surface area (Å²) in [4.78, 5) is 25.6. The lowest BCUT2D eigenvalue weighted by atomic mass is 10.2. The molecule has 1 aliphatic rings. The van der Waals surface area contributed by atoms with Gasteiger partial charge in [0.2, 0.25) is 10.0 Å². The molecule has 1 heterocycles. The van der Waals surface area contributed by atoms with E-state index in [-0.39, 0.29) is 43.2 Å². The smallest absolute Gasteiger partial charge is 0.409 e. The molecule has 2 amide bonds. The van der Waals surface area contributed by atoms with Crippen LogP contribution >= 0.6 is 0 Å². The van der Waals surface area contributed by atoms with Gasteiger partial charge in [0.25, 0.3) is 5.91 Å². The fraction of sp³-hybridized carbons (Fsp3) is 0.300. The van der Waals surface area contributed by atoms with Crippen LogP contribution in [-0.4, -0.2) is 62.4 Å². The Bertz CT molecular complexity index is 1000. The van der Waals surface area contributed by atoms with Crippen molar-refractivity contribution in [3.05, 3.63) is 59.9 Å². The minimum Gasteiger partial charge on any atom is -0.450 e. The Morgan fingerprint density at radius 3 is 2.17 bits per heavy atom. The number of hydrogen-bond acceptors (Lipinski definition) is 5. The number of ether oxygens (including phenoxy) is 1. The Morgan fingerprint density at radius 1 is 1.00 bits per heavy atom. The van der Waals surface area contributed by atoms with E-state index >= 15 is 0 Å². The summed E-state index contributed by atoms with van der Waals surface area (Å²) in [5, 5.41) is 2.62. The zero-order chi connectivity index (χ0) is 21.7. The highest BCUT2D eigenvalue weighted by Crippen LogP contribution is 2.19. The molecule has 2 aromatic carbocycles. The summed E-state index contributed by atoms with van der Waals surface area (Å²) in [6.45, 7) is 2.79. The van der Waals surface area contributed by atoms with Crippen molar-refractivity contribution in [2.24, 2.45) is 0 Å². The van der Waals surface area contributed by atoms with Crippen LogP contribution in [-0.2, 0) is 14.8 Å². The number of carbonyl (C=O) groups excluding carboxylic acids is 2. The quantitative estimate of drug-likeness (QED) is 0.779. The number of anilines is 1. The van der Waals surface area contributed by atoms with Crippen molar-refractivity contribution < 1.29 is 27.1 Å². The van der Waals surface area contributed by atoms with Gasteiger partial charge in [0, 0.05) is 37.4 Å².